The van der Waals surface area contributed by atoms with Crippen LogP contribution in [0.4, 0.5) is 15.8 Å². The Labute approximate surface area is 221 Å². The number of anilines is 2. The third kappa shape index (κ3) is 5.06. The molecule has 0 atom stereocenters. The molecule has 0 aliphatic carbocycles. The summed E-state index contributed by atoms with van der Waals surface area (Å²) in [7, 11) is 5.34. The molecule has 5 rings (SSSR count). The third-order valence-electron chi connectivity index (χ3n) is 6.95. The minimum Gasteiger partial charge on any atom is -0.444 e. The standard InChI is InChI=1S/C27H33FN8O2/c1-18-23-24(21(27(37)33(2)3)17-31-25(23)34(4)32-18)29-8-5-10-35-11-13-36(14-12-35)22-7-6-19(28)16-20(22)26-30-9-15-38-26/h6-7,9,15-17H,5,8,10-14H2,1-4H3,(H,29,31). The van der Waals surface area contributed by atoms with Gasteiger partial charge >= 0.3 is 0 Å². The van der Waals surface area contributed by atoms with Gasteiger partial charge < -0.3 is 19.5 Å². The van der Waals surface area contributed by atoms with Crippen LogP contribution in [0.25, 0.3) is 22.5 Å². The summed E-state index contributed by atoms with van der Waals surface area (Å²) in [5, 5.41) is 8.91. The lowest BCUT2D eigenvalue weighted by molar-refractivity contribution is 0.0828. The van der Waals surface area contributed by atoms with Gasteiger partial charge in [0.25, 0.3) is 5.91 Å². The van der Waals surface area contributed by atoms with Gasteiger partial charge in [0.2, 0.25) is 5.89 Å². The average molecular weight is 521 g/mol. The number of rotatable bonds is 8. The quantitative estimate of drug-likeness (QED) is 0.353. The first-order valence-corrected chi connectivity index (χ1v) is 12.8. The second-order valence-electron chi connectivity index (χ2n) is 9.76. The van der Waals surface area contributed by atoms with Crippen molar-refractivity contribution in [2.75, 3.05) is 63.6 Å². The van der Waals surface area contributed by atoms with E-state index in [1.54, 1.807) is 42.1 Å². The number of carbonyl (C=O) groups is 1. The van der Waals surface area contributed by atoms with Crippen LogP contribution in [-0.2, 0) is 7.05 Å². The highest BCUT2D eigenvalue weighted by atomic mass is 19.1. The molecule has 1 N–H and O–H groups in total. The Bertz CT molecular complexity index is 1420. The van der Waals surface area contributed by atoms with E-state index < -0.39 is 0 Å². The number of hydrogen-bond acceptors (Lipinski definition) is 8. The minimum atomic E-state index is -0.309. The maximum atomic E-state index is 14.0. The zero-order valence-electron chi connectivity index (χ0n) is 22.2. The van der Waals surface area contributed by atoms with Crippen molar-refractivity contribution < 1.29 is 13.6 Å². The van der Waals surface area contributed by atoms with Crippen molar-refractivity contribution in [2.45, 2.75) is 13.3 Å². The lowest BCUT2D eigenvalue weighted by Crippen LogP contribution is -2.47. The number of carbonyl (C=O) groups excluding carboxylic acids is 1. The maximum absolute atomic E-state index is 14.0. The number of amides is 1. The van der Waals surface area contributed by atoms with Gasteiger partial charge in [0.15, 0.2) is 5.65 Å². The van der Waals surface area contributed by atoms with Crippen molar-refractivity contribution in [1.82, 2.24) is 29.5 Å². The van der Waals surface area contributed by atoms with Crippen LogP contribution < -0.4 is 10.2 Å². The van der Waals surface area contributed by atoms with E-state index in [9.17, 15) is 9.18 Å². The zero-order chi connectivity index (χ0) is 26.8. The van der Waals surface area contributed by atoms with E-state index >= 15 is 0 Å². The van der Waals surface area contributed by atoms with E-state index in [2.05, 4.69) is 30.2 Å². The predicted octanol–water partition coefficient (Wildman–Crippen LogP) is 3.40. The molecule has 0 saturated carbocycles. The summed E-state index contributed by atoms with van der Waals surface area (Å²) in [5.41, 5.74) is 4.54. The van der Waals surface area contributed by atoms with Crippen LogP contribution in [0.2, 0.25) is 0 Å². The van der Waals surface area contributed by atoms with Crippen molar-refractivity contribution >= 4 is 28.3 Å². The van der Waals surface area contributed by atoms with E-state index in [-0.39, 0.29) is 11.7 Å². The topological polar surface area (TPSA) is 95.6 Å². The number of hydrogen-bond donors (Lipinski definition) is 1. The lowest BCUT2D eigenvalue weighted by Gasteiger charge is -2.36. The highest BCUT2D eigenvalue weighted by Gasteiger charge is 2.23. The van der Waals surface area contributed by atoms with E-state index in [1.807, 2.05) is 14.0 Å². The molecule has 0 radical (unpaired) electrons. The number of benzene rings is 1. The third-order valence-corrected chi connectivity index (χ3v) is 6.95. The van der Waals surface area contributed by atoms with Crippen LogP contribution >= 0.6 is 0 Å². The van der Waals surface area contributed by atoms with Crippen molar-refractivity contribution in [3.63, 3.8) is 0 Å². The summed E-state index contributed by atoms with van der Waals surface area (Å²) in [5.74, 6) is 0.0249. The van der Waals surface area contributed by atoms with Gasteiger partial charge in [-0.15, -0.1) is 0 Å². The van der Waals surface area contributed by atoms with E-state index in [0.29, 0.717) is 23.6 Å². The Morgan fingerprint density at radius 1 is 1.18 bits per heavy atom. The number of pyridine rings is 1. The molecule has 4 heterocycles. The van der Waals surface area contributed by atoms with Crippen LogP contribution in [0, 0.1) is 12.7 Å². The zero-order valence-corrected chi connectivity index (χ0v) is 22.2. The molecule has 1 saturated heterocycles. The fourth-order valence-electron chi connectivity index (χ4n) is 5.04. The molecule has 0 spiro atoms. The molecule has 1 fully saturated rings. The number of nitrogens with zero attached hydrogens (tertiary/aromatic N) is 7. The molecule has 0 bridgehead atoms. The van der Waals surface area contributed by atoms with Gasteiger partial charge in [-0.2, -0.15) is 5.10 Å². The summed E-state index contributed by atoms with van der Waals surface area (Å²) in [6.45, 7) is 7.03. The van der Waals surface area contributed by atoms with Crippen LogP contribution in [0.15, 0.2) is 41.3 Å². The Kier molecular flexibility index (Phi) is 7.28. The summed E-state index contributed by atoms with van der Waals surface area (Å²) in [6.07, 6.45) is 5.62. The van der Waals surface area contributed by atoms with Crippen molar-refractivity contribution in [3.8, 4) is 11.5 Å². The van der Waals surface area contributed by atoms with Crippen molar-refractivity contribution in [1.29, 1.82) is 0 Å². The molecule has 38 heavy (non-hydrogen) atoms. The second-order valence-corrected chi connectivity index (χ2v) is 9.76. The Balaban J connectivity index is 1.20. The van der Waals surface area contributed by atoms with E-state index in [4.69, 9.17) is 4.42 Å². The summed E-state index contributed by atoms with van der Waals surface area (Å²) >= 11 is 0. The average Bonchev–Trinajstić information content (AvgIpc) is 3.55. The Morgan fingerprint density at radius 3 is 2.68 bits per heavy atom. The minimum absolute atomic E-state index is 0.0915. The van der Waals surface area contributed by atoms with Crippen LogP contribution in [0.5, 0.6) is 0 Å². The predicted molar refractivity (Wildman–Crippen MR) is 145 cm³/mol. The van der Waals surface area contributed by atoms with Gasteiger partial charge in [0, 0.05) is 65.8 Å². The summed E-state index contributed by atoms with van der Waals surface area (Å²) in [4.78, 5) is 27.8. The molecule has 4 aromatic rings. The van der Waals surface area contributed by atoms with Crippen LogP contribution in [-0.4, -0.2) is 88.8 Å². The van der Waals surface area contributed by atoms with Gasteiger partial charge in [0.05, 0.1) is 34.1 Å². The molecule has 1 aliphatic rings. The van der Waals surface area contributed by atoms with E-state index in [1.165, 1.54) is 18.4 Å². The number of nitrogens with one attached hydrogen (secondary N) is 1. The summed E-state index contributed by atoms with van der Waals surface area (Å²) in [6, 6.07) is 4.76. The Hall–Kier alpha value is -3.99. The van der Waals surface area contributed by atoms with Crippen LogP contribution in [0.1, 0.15) is 22.5 Å². The number of piperazine rings is 1. The van der Waals surface area contributed by atoms with Gasteiger partial charge in [-0.3, -0.25) is 14.4 Å². The lowest BCUT2D eigenvalue weighted by atomic mass is 10.1. The monoisotopic (exact) mass is 520 g/mol. The largest absolute Gasteiger partial charge is 0.444 e. The molecule has 1 aliphatic heterocycles. The first-order valence-electron chi connectivity index (χ1n) is 12.8. The molecule has 1 amide bonds. The number of aryl methyl sites for hydroxylation is 2. The smallest absolute Gasteiger partial charge is 0.257 e. The fourth-order valence-corrected chi connectivity index (χ4v) is 5.04. The molecule has 200 valence electrons. The van der Waals surface area contributed by atoms with Gasteiger partial charge in [-0.1, -0.05) is 0 Å². The van der Waals surface area contributed by atoms with Crippen LogP contribution in [0.3, 0.4) is 0 Å². The molecule has 3 aromatic heterocycles. The Morgan fingerprint density at radius 2 is 1.97 bits per heavy atom. The molecule has 0 unspecified atom stereocenters. The molecule has 11 heteroatoms. The van der Waals surface area contributed by atoms with E-state index in [0.717, 1.165) is 67.2 Å². The molecule has 1 aromatic carbocycles. The van der Waals surface area contributed by atoms with Gasteiger partial charge in [-0.25, -0.2) is 14.4 Å². The number of aromatic nitrogens is 4. The van der Waals surface area contributed by atoms with Gasteiger partial charge in [0.1, 0.15) is 12.1 Å². The number of halogens is 1. The molecular weight excluding hydrogens is 487 g/mol. The number of fused-ring (bicyclic) bond motifs is 1. The molecule has 10 nitrogen and oxygen atoms in total. The van der Waals surface area contributed by atoms with Crippen molar-refractivity contribution in [2.24, 2.45) is 7.05 Å². The van der Waals surface area contributed by atoms with Crippen molar-refractivity contribution in [3.05, 3.63) is 53.9 Å². The molecular formula is C27H33FN8O2. The summed E-state index contributed by atoms with van der Waals surface area (Å²) < 4.78 is 21.1. The first kappa shape index (κ1) is 25.7. The fraction of sp³-hybridized carbons (Fsp3) is 0.407. The number of oxazole rings is 1. The van der Waals surface area contributed by atoms with Gasteiger partial charge in [-0.05, 0) is 38.1 Å². The first-order chi connectivity index (χ1) is 18.3. The highest BCUT2D eigenvalue weighted by molar-refractivity contribution is 6.07. The SMILES string of the molecule is Cc1nn(C)c2ncc(C(=O)N(C)C)c(NCCCN3CCN(c4ccc(F)cc4-c4ncco4)CC3)c12. The highest BCUT2D eigenvalue weighted by Crippen LogP contribution is 2.32. The maximum Gasteiger partial charge on any atom is 0.257 e. The normalized spacial score (nSPS) is 14.3. The second kappa shape index (κ2) is 10.8.